The second-order valence-electron chi connectivity index (χ2n) is 4.42. The number of methoxy groups -OCH3 is 1. The van der Waals surface area contributed by atoms with E-state index in [4.69, 9.17) is 10.5 Å². The largest absolute Gasteiger partial charge is 0.399 e. The molecule has 0 radical (unpaired) electrons. The first kappa shape index (κ1) is 15.1. The molecule has 1 aromatic carbocycles. The van der Waals surface area contributed by atoms with E-state index >= 15 is 0 Å². The van der Waals surface area contributed by atoms with E-state index in [1.54, 1.807) is 18.4 Å². The Morgan fingerprint density at radius 3 is 3.15 bits per heavy atom. The van der Waals surface area contributed by atoms with Crippen molar-refractivity contribution in [2.45, 2.75) is 17.3 Å². The van der Waals surface area contributed by atoms with Gasteiger partial charge in [0.1, 0.15) is 0 Å². The summed E-state index contributed by atoms with van der Waals surface area (Å²) in [5, 5.41) is 2.87. The van der Waals surface area contributed by atoms with E-state index in [9.17, 15) is 4.79 Å². The molecule has 7 heteroatoms. The lowest BCUT2D eigenvalue weighted by Crippen LogP contribution is -2.36. The highest BCUT2D eigenvalue weighted by Crippen LogP contribution is 2.30. The van der Waals surface area contributed by atoms with Crippen LogP contribution in [0.25, 0.3) is 10.2 Å². The van der Waals surface area contributed by atoms with E-state index in [0.717, 1.165) is 20.2 Å². The standard InChI is InChI=1S/C13H17N3O2S2/c1-8(6-18-2)15-12(17)7-19-13-16-10-4-3-9(14)5-11(10)20-13/h3-5,8H,6-7,14H2,1-2H3,(H,15,17). The maximum atomic E-state index is 11.7. The van der Waals surface area contributed by atoms with Gasteiger partial charge in [-0.3, -0.25) is 4.79 Å². The number of fused-ring (bicyclic) bond motifs is 1. The van der Waals surface area contributed by atoms with Gasteiger partial charge in [-0.2, -0.15) is 0 Å². The van der Waals surface area contributed by atoms with Crippen LogP contribution in [0.4, 0.5) is 5.69 Å². The fourth-order valence-electron chi connectivity index (χ4n) is 1.72. The lowest BCUT2D eigenvalue weighted by Gasteiger charge is -2.11. The van der Waals surface area contributed by atoms with Gasteiger partial charge in [-0.15, -0.1) is 11.3 Å². The molecule has 1 amide bonds. The second-order valence-corrected chi connectivity index (χ2v) is 6.67. The molecule has 1 heterocycles. The number of ether oxygens (including phenoxy) is 1. The Kier molecular flexibility index (Phi) is 5.22. The number of aromatic nitrogens is 1. The summed E-state index contributed by atoms with van der Waals surface area (Å²) < 4.78 is 6.89. The number of hydrogen-bond acceptors (Lipinski definition) is 6. The van der Waals surface area contributed by atoms with Gasteiger partial charge in [0.15, 0.2) is 4.34 Å². The Morgan fingerprint density at radius 2 is 2.40 bits per heavy atom. The van der Waals surface area contributed by atoms with E-state index in [1.165, 1.54) is 11.8 Å². The van der Waals surface area contributed by atoms with Crippen molar-refractivity contribution in [2.24, 2.45) is 0 Å². The van der Waals surface area contributed by atoms with Crippen LogP contribution in [0.1, 0.15) is 6.92 Å². The van der Waals surface area contributed by atoms with Crippen molar-refractivity contribution in [2.75, 3.05) is 25.2 Å². The van der Waals surface area contributed by atoms with Gasteiger partial charge in [-0.1, -0.05) is 11.8 Å². The number of thioether (sulfide) groups is 1. The highest BCUT2D eigenvalue weighted by Gasteiger charge is 2.10. The monoisotopic (exact) mass is 311 g/mol. The number of carbonyl (C=O) groups is 1. The molecule has 0 spiro atoms. The molecule has 0 bridgehead atoms. The predicted molar refractivity (Wildman–Crippen MR) is 84.2 cm³/mol. The van der Waals surface area contributed by atoms with E-state index in [-0.39, 0.29) is 11.9 Å². The van der Waals surface area contributed by atoms with Gasteiger partial charge in [0.25, 0.3) is 0 Å². The first-order valence-electron chi connectivity index (χ1n) is 6.15. The zero-order valence-electron chi connectivity index (χ0n) is 11.4. The minimum atomic E-state index is -0.0154. The Hall–Kier alpha value is -1.31. The Labute approximate surface area is 125 Å². The maximum Gasteiger partial charge on any atom is 0.230 e. The number of nitrogens with zero attached hydrogens (tertiary/aromatic N) is 1. The SMILES string of the molecule is COCC(C)NC(=O)CSc1nc2ccc(N)cc2s1. The van der Waals surface area contributed by atoms with Crippen molar-refractivity contribution < 1.29 is 9.53 Å². The molecule has 0 aliphatic rings. The first-order chi connectivity index (χ1) is 9.58. The average Bonchev–Trinajstić information content (AvgIpc) is 2.78. The number of anilines is 1. The number of thiazole rings is 1. The molecule has 5 nitrogen and oxygen atoms in total. The molecule has 108 valence electrons. The molecular formula is C13H17N3O2S2. The number of benzene rings is 1. The number of rotatable bonds is 6. The van der Waals surface area contributed by atoms with Gasteiger partial charge in [-0.25, -0.2) is 4.98 Å². The van der Waals surface area contributed by atoms with E-state index in [2.05, 4.69) is 10.3 Å². The molecule has 0 fully saturated rings. The molecule has 0 aliphatic heterocycles. The molecule has 0 aliphatic carbocycles. The number of nitrogen functional groups attached to an aromatic ring is 1. The summed E-state index contributed by atoms with van der Waals surface area (Å²) in [7, 11) is 1.62. The van der Waals surface area contributed by atoms with E-state index in [1.807, 2.05) is 25.1 Å². The fourth-order valence-corrected chi connectivity index (χ4v) is 3.65. The van der Waals surface area contributed by atoms with Crippen molar-refractivity contribution in [3.05, 3.63) is 18.2 Å². The van der Waals surface area contributed by atoms with Crippen LogP contribution in [-0.4, -0.2) is 36.4 Å². The topological polar surface area (TPSA) is 77.2 Å². The lowest BCUT2D eigenvalue weighted by molar-refractivity contribution is -0.119. The zero-order chi connectivity index (χ0) is 14.5. The summed E-state index contributed by atoms with van der Waals surface area (Å²) in [6, 6.07) is 5.64. The van der Waals surface area contributed by atoms with Gasteiger partial charge >= 0.3 is 0 Å². The van der Waals surface area contributed by atoms with Gasteiger partial charge in [0.05, 0.1) is 22.6 Å². The molecule has 1 unspecified atom stereocenters. The predicted octanol–water partition coefficient (Wildman–Crippen LogP) is 2.12. The first-order valence-corrected chi connectivity index (χ1v) is 7.96. The van der Waals surface area contributed by atoms with Crippen LogP contribution in [0.2, 0.25) is 0 Å². The van der Waals surface area contributed by atoms with Crippen LogP contribution in [0.15, 0.2) is 22.5 Å². The van der Waals surface area contributed by atoms with Crippen molar-refractivity contribution in [3.8, 4) is 0 Å². The van der Waals surface area contributed by atoms with E-state index in [0.29, 0.717) is 12.4 Å². The van der Waals surface area contributed by atoms with Crippen LogP contribution >= 0.6 is 23.1 Å². The third-order valence-electron chi connectivity index (χ3n) is 2.54. The van der Waals surface area contributed by atoms with Crippen LogP contribution in [0.3, 0.4) is 0 Å². The van der Waals surface area contributed by atoms with Crippen LogP contribution in [0.5, 0.6) is 0 Å². The minimum absolute atomic E-state index is 0.0154. The molecule has 1 atom stereocenters. The van der Waals surface area contributed by atoms with Gasteiger partial charge in [0.2, 0.25) is 5.91 Å². The number of carbonyl (C=O) groups excluding carboxylic acids is 1. The van der Waals surface area contributed by atoms with Crippen molar-refractivity contribution in [1.29, 1.82) is 0 Å². The number of nitrogens with two attached hydrogens (primary N) is 1. The Balaban J connectivity index is 1.90. The molecule has 2 rings (SSSR count). The second kappa shape index (κ2) is 6.92. The third-order valence-corrected chi connectivity index (χ3v) is 4.70. The highest BCUT2D eigenvalue weighted by molar-refractivity contribution is 8.01. The van der Waals surface area contributed by atoms with Crippen LogP contribution in [0, 0.1) is 0 Å². The number of hydrogen-bond donors (Lipinski definition) is 2. The zero-order valence-corrected chi connectivity index (χ0v) is 13.0. The summed E-state index contributed by atoms with van der Waals surface area (Å²) in [5.74, 6) is 0.335. The fraction of sp³-hybridized carbons (Fsp3) is 0.385. The highest BCUT2D eigenvalue weighted by atomic mass is 32.2. The summed E-state index contributed by atoms with van der Waals surface area (Å²) in [6.07, 6.45) is 0. The summed E-state index contributed by atoms with van der Waals surface area (Å²) in [5.41, 5.74) is 7.38. The van der Waals surface area contributed by atoms with Crippen molar-refractivity contribution >= 4 is 44.9 Å². The van der Waals surface area contributed by atoms with Crippen LogP contribution in [-0.2, 0) is 9.53 Å². The Morgan fingerprint density at radius 1 is 1.60 bits per heavy atom. The smallest absolute Gasteiger partial charge is 0.230 e. The average molecular weight is 311 g/mol. The molecule has 3 N–H and O–H groups in total. The molecule has 2 aromatic rings. The molecular weight excluding hydrogens is 294 g/mol. The summed E-state index contributed by atoms with van der Waals surface area (Å²) in [4.78, 5) is 16.2. The Bertz CT molecular complexity index is 600. The van der Waals surface area contributed by atoms with Gasteiger partial charge < -0.3 is 15.8 Å². The summed E-state index contributed by atoms with van der Waals surface area (Å²) >= 11 is 2.98. The van der Waals surface area contributed by atoms with Gasteiger partial charge in [-0.05, 0) is 25.1 Å². The maximum absolute atomic E-state index is 11.7. The minimum Gasteiger partial charge on any atom is -0.399 e. The number of amides is 1. The summed E-state index contributed by atoms with van der Waals surface area (Å²) in [6.45, 7) is 2.42. The van der Waals surface area contributed by atoms with Crippen molar-refractivity contribution in [1.82, 2.24) is 10.3 Å². The molecule has 0 saturated carbocycles. The number of nitrogens with one attached hydrogen (secondary N) is 1. The quantitative estimate of drug-likeness (QED) is 0.631. The van der Waals surface area contributed by atoms with E-state index < -0.39 is 0 Å². The van der Waals surface area contributed by atoms with Crippen LogP contribution < -0.4 is 11.1 Å². The normalized spacial score (nSPS) is 12.5. The molecule has 20 heavy (non-hydrogen) atoms. The van der Waals surface area contributed by atoms with Crippen molar-refractivity contribution in [3.63, 3.8) is 0 Å². The van der Waals surface area contributed by atoms with Gasteiger partial charge in [0, 0.05) is 18.8 Å². The lowest BCUT2D eigenvalue weighted by atomic mass is 10.3. The molecule has 0 saturated heterocycles. The third kappa shape index (κ3) is 4.09. The molecule has 1 aromatic heterocycles.